The lowest BCUT2D eigenvalue weighted by Gasteiger charge is -2.15. The molecule has 0 fully saturated rings. The normalized spacial score (nSPS) is 16.1. The van der Waals surface area contributed by atoms with Crippen LogP contribution in [0.5, 0.6) is 0 Å². The molecule has 1 aliphatic heterocycles. The fourth-order valence-electron chi connectivity index (χ4n) is 2.92. The van der Waals surface area contributed by atoms with Crippen molar-refractivity contribution in [3.05, 3.63) is 51.4 Å². The largest absolute Gasteiger partial charge is 0.326 e. The van der Waals surface area contributed by atoms with E-state index < -0.39 is 0 Å². The minimum Gasteiger partial charge on any atom is -0.326 e. The lowest BCUT2D eigenvalue weighted by molar-refractivity contribution is -0.116. The van der Waals surface area contributed by atoms with Gasteiger partial charge in [-0.05, 0) is 37.0 Å². The van der Waals surface area contributed by atoms with Gasteiger partial charge in [0.25, 0.3) is 5.56 Å². The fraction of sp³-hybridized carbons (Fsp3) is 0.421. The number of carbonyl (C=O) groups excluding carboxylic acids is 1. The number of aromatic nitrogens is 2. The second-order valence-corrected chi connectivity index (χ2v) is 7.78. The first-order valence-corrected chi connectivity index (χ1v) is 9.47. The van der Waals surface area contributed by atoms with E-state index >= 15 is 0 Å². The van der Waals surface area contributed by atoms with Crippen LogP contribution in [0.1, 0.15) is 49.0 Å². The van der Waals surface area contributed by atoms with Crippen LogP contribution in [-0.2, 0) is 4.79 Å². The molecular formula is C19H23N3O2S. The van der Waals surface area contributed by atoms with Crippen molar-refractivity contribution in [2.75, 3.05) is 11.1 Å². The molecule has 5 nitrogen and oxygen atoms in total. The van der Waals surface area contributed by atoms with Crippen LogP contribution in [0.25, 0.3) is 0 Å². The van der Waals surface area contributed by atoms with Crippen LogP contribution in [0.3, 0.4) is 0 Å². The highest BCUT2D eigenvalue weighted by molar-refractivity contribution is 7.99. The molecule has 1 amide bonds. The lowest BCUT2D eigenvalue weighted by atomic mass is 10.1. The van der Waals surface area contributed by atoms with E-state index in [4.69, 9.17) is 0 Å². The molecule has 1 aromatic carbocycles. The zero-order valence-electron chi connectivity index (χ0n) is 15.0. The molecule has 3 rings (SSSR count). The van der Waals surface area contributed by atoms with Gasteiger partial charge in [-0.2, -0.15) is 0 Å². The number of rotatable bonds is 4. The van der Waals surface area contributed by atoms with Crippen molar-refractivity contribution in [1.82, 2.24) is 9.55 Å². The number of anilines is 1. The Hall–Kier alpha value is -2.08. The zero-order valence-corrected chi connectivity index (χ0v) is 15.8. The predicted molar refractivity (Wildman–Crippen MR) is 102 cm³/mol. The van der Waals surface area contributed by atoms with E-state index in [9.17, 15) is 9.59 Å². The second-order valence-electron chi connectivity index (χ2n) is 6.79. The van der Waals surface area contributed by atoms with Crippen LogP contribution in [0, 0.1) is 13.8 Å². The molecule has 132 valence electrons. The Kier molecular flexibility index (Phi) is 4.99. The third kappa shape index (κ3) is 3.63. The first-order chi connectivity index (χ1) is 11.9. The van der Waals surface area contributed by atoms with Gasteiger partial charge < -0.3 is 5.32 Å². The molecule has 0 radical (unpaired) electrons. The summed E-state index contributed by atoms with van der Waals surface area (Å²) in [5, 5.41) is 3.70. The highest BCUT2D eigenvalue weighted by Crippen LogP contribution is 2.33. The van der Waals surface area contributed by atoms with E-state index in [0.717, 1.165) is 27.7 Å². The number of carbonyl (C=O) groups is 1. The van der Waals surface area contributed by atoms with Crippen molar-refractivity contribution in [3.63, 3.8) is 0 Å². The van der Waals surface area contributed by atoms with E-state index in [-0.39, 0.29) is 29.8 Å². The molecule has 2 aromatic rings. The van der Waals surface area contributed by atoms with E-state index in [1.54, 1.807) is 22.4 Å². The highest BCUT2D eigenvalue weighted by Gasteiger charge is 2.28. The summed E-state index contributed by atoms with van der Waals surface area (Å²) in [7, 11) is 0. The lowest BCUT2D eigenvalue weighted by Crippen LogP contribution is -2.28. The topological polar surface area (TPSA) is 64.0 Å². The second kappa shape index (κ2) is 7.04. The molecule has 1 N–H and O–H groups in total. The van der Waals surface area contributed by atoms with E-state index in [2.05, 4.69) is 10.3 Å². The molecule has 2 heterocycles. The summed E-state index contributed by atoms with van der Waals surface area (Å²) >= 11 is 1.55. The van der Waals surface area contributed by atoms with Gasteiger partial charge in [-0.15, -0.1) is 0 Å². The number of aryl methyl sites for hydroxylation is 1. The zero-order chi connectivity index (χ0) is 18.1. The number of thioether (sulfide) groups is 1. The number of amides is 1. The Morgan fingerprint density at radius 2 is 2.16 bits per heavy atom. The Bertz CT molecular complexity index is 873. The monoisotopic (exact) mass is 357 g/mol. The van der Waals surface area contributed by atoms with Gasteiger partial charge in [0, 0.05) is 23.9 Å². The SMILES string of the molecule is Cc1cccc(NC(=O)C[C@@H]2CSc3nc(C(C)C)cc(=O)n32)c1C. The Morgan fingerprint density at radius 3 is 2.88 bits per heavy atom. The maximum atomic E-state index is 12.5. The van der Waals surface area contributed by atoms with Crippen molar-refractivity contribution >= 4 is 23.4 Å². The third-order valence-corrected chi connectivity index (χ3v) is 5.70. The van der Waals surface area contributed by atoms with Gasteiger partial charge in [-0.1, -0.05) is 37.7 Å². The number of nitrogens with zero attached hydrogens (tertiary/aromatic N) is 2. The van der Waals surface area contributed by atoms with Gasteiger partial charge in [-0.3, -0.25) is 14.2 Å². The molecular weight excluding hydrogens is 334 g/mol. The molecule has 25 heavy (non-hydrogen) atoms. The van der Waals surface area contributed by atoms with Crippen molar-refractivity contribution in [2.45, 2.75) is 51.2 Å². The smallest absolute Gasteiger partial charge is 0.254 e. The summed E-state index contributed by atoms with van der Waals surface area (Å²) in [6.07, 6.45) is 0.274. The molecule has 0 spiro atoms. The van der Waals surface area contributed by atoms with Crippen LogP contribution in [0.4, 0.5) is 5.69 Å². The van der Waals surface area contributed by atoms with Crippen LogP contribution in [0.15, 0.2) is 34.2 Å². The average Bonchev–Trinajstić information content (AvgIpc) is 2.95. The van der Waals surface area contributed by atoms with Gasteiger partial charge in [0.05, 0.1) is 11.7 Å². The maximum Gasteiger partial charge on any atom is 0.254 e. The van der Waals surface area contributed by atoms with Crippen LogP contribution < -0.4 is 10.9 Å². The third-order valence-electron chi connectivity index (χ3n) is 4.60. The van der Waals surface area contributed by atoms with Gasteiger partial charge in [0.1, 0.15) is 0 Å². The highest BCUT2D eigenvalue weighted by atomic mass is 32.2. The molecule has 1 atom stereocenters. The first kappa shape index (κ1) is 17.7. The standard InChI is InChI=1S/C19H23N3O2S/c1-11(2)16-9-18(24)22-14(10-25-19(22)21-16)8-17(23)20-15-7-5-6-12(3)13(15)4/h5-7,9,11,14H,8,10H2,1-4H3,(H,20,23)/t14-/m1/s1. The van der Waals surface area contributed by atoms with E-state index in [0.29, 0.717) is 5.75 Å². The van der Waals surface area contributed by atoms with Gasteiger partial charge >= 0.3 is 0 Å². The van der Waals surface area contributed by atoms with Crippen molar-refractivity contribution < 1.29 is 4.79 Å². The average molecular weight is 357 g/mol. The summed E-state index contributed by atoms with van der Waals surface area (Å²) in [5.41, 5.74) is 3.78. The molecule has 0 saturated heterocycles. The Balaban J connectivity index is 1.77. The fourth-order valence-corrected chi connectivity index (χ4v) is 4.07. The number of hydrogen-bond acceptors (Lipinski definition) is 4. The molecule has 0 saturated carbocycles. The summed E-state index contributed by atoms with van der Waals surface area (Å²) in [5.74, 6) is 0.835. The van der Waals surface area contributed by atoms with E-state index in [1.807, 2.05) is 45.9 Å². The van der Waals surface area contributed by atoms with Crippen molar-refractivity contribution in [3.8, 4) is 0 Å². The maximum absolute atomic E-state index is 12.5. The Labute approximate surface area is 151 Å². The molecule has 1 aliphatic rings. The van der Waals surface area contributed by atoms with Crippen LogP contribution >= 0.6 is 11.8 Å². The number of nitrogens with one attached hydrogen (secondary N) is 1. The first-order valence-electron chi connectivity index (χ1n) is 8.49. The van der Waals surface area contributed by atoms with Gasteiger partial charge in [0.2, 0.25) is 5.91 Å². The molecule has 1 aromatic heterocycles. The van der Waals surface area contributed by atoms with Crippen molar-refractivity contribution in [1.29, 1.82) is 0 Å². The summed E-state index contributed by atoms with van der Waals surface area (Å²) in [4.78, 5) is 29.5. The molecule has 0 aliphatic carbocycles. The molecule has 6 heteroatoms. The summed E-state index contributed by atoms with van der Waals surface area (Å²) in [6.45, 7) is 8.06. The van der Waals surface area contributed by atoms with E-state index in [1.165, 1.54) is 0 Å². The minimum absolute atomic E-state index is 0.0664. The van der Waals surface area contributed by atoms with Crippen LogP contribution in [0.2, 0.25) is 0 Å². The number of hydrogen-bond donors (Lipinski definition) is 1. The number of benzene rings is 1. The van der Waals surface area contributed by atoms with Gasteiger partial charge in [-0.25, -0.2) is 4.98 Å². The van der Waals surface area contributed by atoms with Crippen LogP contribution in [-0.4, -0.2) is 21.2 Å². The minimum atomic E-state index is -0.147. The number of fused-ring (bicyclic) bond motifs is 1. The predicted octanol–water partition coefficient (Wildman–Crippen LogP) is 3.66. The molecule has 0 unspecified atom stereocenters. The van der Waals surface area contributed by atoms with Gasteiger partial charge in [0.15, 0.2) is 5.16 Å². The Morgan fingerprint density at radius 1 is 1.40 bits per heavy atom. The quantitative estimate of drug-likeness (QED) is 0.848. The molecule has 0 bridgehead atoms. The summed E-state index contributed by atoms with van der Waals surface area (Å²) < 4.78 is 1.67. The van der Waals surface area contributed by atoms with Crippen molar-refractivity contribution in [2.24, 2.45) is 0 Å². The summed E-state index contributed by atoms with van der Waals surface area (Å²) in [6, 6.07) is 7.30.